The molecule has 4 nitrogen and oxygen atoms in total. The molecular formula is C30H46N2O2. The van der Waals surface area contributed by atoms with Gasteiger partial charge in [-0.3, -0.25) is 0 Å². The van der Waals surface area contributed by atoms with Crippen LogP contribution in [0.2, 0.25) is 0 Å². The second-order valence-corrected chi connectivity index (χ2v) is 8.75. The molecule has 2 fully saturated rings. The van der Waals surface area contributed by atoms with E-state index in [0.29, 0.717) is 6.10 Å². The van der Waals surface area contributed by atoms with Crippen molar-refractivity contribution in [2.24, 2.45) is 0 Å². The average Bonchev–Trinajstić information content (AvgIpc) is 3.64. The predicted molar refractivity (Wildman–Crippen MR) is 146 cm³/mol. The van der Waals surface area contributed by atoms with Gasteiger partial charge < -0.3 is 18.9 Å². The SMILES string of the molecule is C/C=C\Cn1c(COC2CCCC2)cc2ccccc21.C=C/C=C/OCC.CCN1CCCC1. The minimum Gasteiger partial charge on any atom is -0.501 e. The predicted octanol–water partition coefficient (Wildman–Crippen LogP) is 7.50. The average molecular weight is 467 g/mol. The fourth-order valence-corrected chi connectivity index (χ4v) is 4.38. The molecule has 4 heteroatoms. The normalized spacial score (nSPS) is 16.6. The summed E-state index contributed by atoms with van der Waals surface area (Å²) in [5, 5.41) is 1.31. The summed E-state index contributed by atoms with van der Waals surface area (Å²) in [5.74, 6) is 0. The van der Waals surface area contributed by atoms with Gasteiger partial charge in [0.25, 0.3) is 0 Å². The van der Waals surface area contributed by atoms with Crippen LogP contribution in [0.3, 0.4) is 0 Å². The zero-order chi connectivity index (χ0) is 24.4. The van der Waals surface area contributed by atoms with Crippen molar-refractivity contribution in [1.82, 2.24) is 9.47 Å². The van der Waals surface area contributed by atoms with Gasteiger partial charge in [0.15, 0.2) is 0 Å². The van der Waals surface area contributed by atoms with Crippen molar-refractivity contribution in [2.45, 2.75) is 78.6 Å². The number of benzene rings is 1. The molecule has 0 atom stereocenters. The third-order valence-electron chi connectivity index (χ3n) is 6.31. The fraction of sp³-hybridized carbons (Fsp3) is 0.533. The summed E-state index contributed by atoms with van der Waals surface area (Å²) in [6, 6.07) is 10.9. The van der Waals surface area contributed by atoms with Gasteiger partial charge in [0.2, 0.25) is 0 Å². The Bertz CT molecular complexity index is 856. The Hall–Kier alpha value is -2.30. The molecule has 1 aliphatic carbocycles. The molecule has 0 N–H and O–H groups in total. The lowest BCUT2D eigenvalue weighted by atomic mass is 10.2. The number of hydrogen-bond acceptors (Lipinski definition) is 3. The maximum atomic E-state index is 6.09. The number of ether oxygens (including phenoxy) is 2. The van der Waals surface area contributed by atoms with Crippen LogP contribution in [-0.4, -0.2) is 41.8 Å². The third-order valence-corrected chi connectivity index (χ3v) is 6.31. The van der Waals surface area contributed by atoms with Crippen LogP contribution in [0.25, 0.3) is 10.9 Å². The van der Waals surface area contributed by atoms with E-state index in [-0.39, 0.29) is 0 Å². The van der Waals surface area contributed by atoms with Gasteiger partial charge in [0.1, 0.15) is 0 Å². The number of hydrogen-bond donors (Lipinski definition) is 0. The first-order valence-electron chi connectivity index (χ1n) is 13.1. The van der Waals surface area contributed by atoms with E-state index in [1.807, 2.05) is 6.92 Å². The molecule has 1 saturated carbocycles. The Morgan fingerprint density at radius 3 is 2.41 bits per heavy atom. The molecule has 2 aromatic rings. The highest BCUT2D eigenvalue weighted by Gasteiger charge is 2.16. The van der Waals surface area contributed by atoms with Gasteiger partial charge in [-0.2, -0.15) is 0 Å². The minimum absolute atomic E-state index is 0.475. The zero-order valence-corrected chi connectivity index (χ0v) is 21.8. The second-order valence-electron chi connectivity index (χ2n) is 8.75. The van der Waals surface area contributed by atoms with Crippen molar-refractivity contribution >= 4 is 10.9 Å². The highest BCUT2D eigenvalue weighted by atomic mass is 16.5. The first kappa shape index (κ1) is 27.9. The largest absolute Gasteiger partial charge is 0.501 e. The molecule has 0 bridgehead atoms. The number of rotatable bonds is 9. The van der Waals surface area contributed by atoms with Crippen LogP contribution in [0.5, 0.6) is 0 Å². The molecule has 34 heavy (non-hydrogen) atoms. The highest BCUT2D eigenvalue weighted by molar-refractivity contribution is 5.81. The summed E-state index contributed by atoms with van der Waals surface area (Å²) in [5.41, 5.74) is 2.59. The van der Waals surface area contributed by atoms with E-state index in [1.165, 1.54) is 74.8 Å². The van der Waals surface area contributed by atoms with Crippen LogP contribution < -0.4 is 0 Å². The van der Waals surface area contributed by atoms with Crippen molar-refractivity contribution in [3.05, 3.63) is 73.2 Å². The maximum absolute atomic E-state index is 6.09. The van der Waals surface area contributed by atoms with E-state index < -0.39 is 0 Å². The van der Waals surface area contributed by atoms with Gasteiger partial charge in [0, 0.05) is 17.8 Å². The summed E-state index contributed by atoms with van der Waals surface area (Å²) in [6.45, 7) is 16.0. The minimum atomic E-state index is 0.475. The highest BCUT2D eigenvalue weighted by Crippen LogP contribution is 2.25. The van der Waals surface area contributed by atoms with Gasteiger partial charge in [-0.1, -0.05) is 62.8 Å². The van der Waals surface area contributed by atoms with Crippen LogP contribution >= 0.6 is 0 Å². The summed E-state index contributed by atoms with van der Waals surface area (Å²) in [7, 11) is 0. The molecular weight excluding hydrogens is 420 g/mol. The lowest BCUT2D eigenvalue weighted by molar-refractivity contribution is 0.0425. The van der Waals surface area contributed by atoms with Gasteiger partial charge in [-0.15, -0.1) is 0 Å². The number of nitrogens with zero attached hydrogens (tertiary/aromatic N) is 2. The maximum Gasteiger partial charge on any atom is 0.0872 e. The first-order valence-corrected chi connectivity index (χ1v) is 13.1. The fourth-order valence-electron chi connectivity index (χ4n) is 4.38. The van der Waals surface area contributed by atoms with E-state index in [9.17, 15) is 0 Å². The van der Waals surface area contributed by atoms with E-state index in [4.69, 9.17) is 9.47 Å². The number of fused-ring (bicyclic) bond motifs is 1. The summed E-state index contributed by atoms with van der Waals surface area (Å²) in [6.07, 6.45) is 17.8. The Kier molecular flexibility index (Phi) is 14.1. The van der Waals surface area contributed by atoms with Crippen molar-refractivity contribution in [1.29, 1.82) is 0 Å². The molecule has 2 aliphatic rings. The van der Waals surface area contributed by atoms with E-state index in [0.717, 1.165) is 19.8 Å². The molecule has 0 unspecified atom stereocenters. The lowest BCUT2D eigenvalue weighted by Crippen LogP contribution is -2.17. The molecule has 2 heterocycles. The molecule has 1 saturated heterocycles. The summed E-state index contributed by atoms with van der Waals surface area (Å²) in [4.78, 5) is 2.49. The molecule has 1 aromatic carbocycles. The van der Waals surface area contributed by atoms with Crippen LogP contribution in [0.1, 0.15) is 65.0 Å². The molecule has 0 radical (unpaired) electrons. The lowest BCUT2D eigenvalue weighted by Gasteiger charge is -2.13. The summed E-state index contributed by atoms with van der Waals surface area (Å²) >= 11 is 0. The van der Waals surface area contributed by atoms with E-state index in [2.05, 4.69) is 72.4 Å². The topological polar surface area (TPSA) is 26.6 Å². The molecule has 188 valence electrons. The molecule has 1 aromatic heterocycles. The molecule has 0 spiro atoms. The van der Waals surface area contributed by atoms with Gasteiger partial charge in [-0.25, -0.2) is 0 Å². The zero-order valence-electron chi connectivity index (χ0n) is 21.8. The van der Waals surface area contributed by atoms with Gasteiger partial charge in [-0.05, 0) is 82.8 Å². The third kappa shape index (κ3) is 9.90. The van der Waals surface area contributed by atoms with Crippen molar-refractivity contribution in [3.8, 4) is 0 Å². The van der Waals surface area contributed by atoms with Crippen molar-refractivity contribution in [2.75, 3.05) is 26.2 Å². The Morgan fingerprint density at radius 2 is 1.79 bits per heavy atom. The van der Waals surface area contributed by atoms with Crippen molar-refractivity contribution in [3.63, 3.8) is 0 Å². The van der Waals surface area contributed by atoms with Crippen molar-refractivity contribution < 1.29 is 9.47 Å². The Balaban J connectivity index is 0.000000240. The number of para-hydroxylation sites is 1. The molecule has 4 rings (SSSR count). The van der Waals surface area contributed by atoms with Gasteiger partial charge in [0.05, 0.1) is 25.6 Å². The number of allylic oxidation sites excluding steroid dienone is 4. The first-order chi connectivity index (χ1) is 16.7. The monoisotopic (exact) mass is 466 g/mol. The molecule has 0 amide bonds. The van der Waals surface area contributed by atoms with E-state index in [1.54, 1.807) is 18.4 Å². The Morgan fingerprint density at radius 1 is 1.06 bits per heavy atom. The van der Waals surface area contributed by atoms with Crippen LogP contribution in [0, 0.1) is 0 Å². The number of likely N-dealkylation sites (tertiary alicyclic amines) is 1. The van der Waals surface area contributed by atoms with Crippen LogP contribution in [0.15, 0.2) is 67.5 Å². The summed E-state index contributed by atoms with van der Waals surface area (Å²) < 4.78 is 13.3. The quantitative estimate of drug-likeness (QED) is 0.217. The second kappa shape index (κ2) is 17.2. The standard InChI is InChI=1S/C18H23NO.C6H13N.C6H10O/c1-2-3-12-19-16(14-20-17-9-5-6-10-17)13-15-8-4-7-11-18(15)19;1-2-7-5-3-4-6-7;1-3-5-6-7-4-2/h2-4,7-8,11,13,17H,5-6,9-10,12,14H2,1H3;2-6H2,1H3;3,5-6H,1,4H2,2H3/b3-2-;;6-5+. The van der Waals surface area contributed by atoms with E-state index >= 15 is 0 Å². The van der Waals surface area contributed by atoms with Gasteiger partial charge >= 0.3 is 0 Å². The Labute approximate surface area is 207 Å². The smallest absolute Gasteiger partial charge is 0.0872 e. The van der Waals surface area contributed by atoms with Crippen LogP contribution in [-0.2, 0) is 22.6 Å². The van der Waals surface area contributed by atoms with Crippen LogP contribution in [0.4, 0.5) is 0 Å². The molecule has 1 aliphatic heterocycles. The number of aromatic nitrogens is 1.